The summed E-state index contributed by atoms with van der Waals surface area (Å²) in [5.41, 5.74) is 7.17. The molecule has 1 saturated heterocycles. The molecule has 0 bridgehead atoms. The van der Waals surface area contributed by atoms with Crippen molar-refractivity contribution >= 4 is 57.2 Å². The number of aliphatic hydroxyl groups is 1. The molecule has 2 aromatic heterocycles. The third-order valence-electron chi connectivity index (χ3n) is 7.12. The Morgan fingerprint density at radius 3 is 2.23 bits per heavy atom. The molecule has 4 aromatic rings. The number of nitrogens with zero attached hydrogens (tertiary/aromatic N) is 5. The van der Waals surface area contributed by atoms with E-state index >= 15 is 0 Å². The molecule has 0 spiro atoms. The summed E-state index contributed by atoms with van der Waals surface area (Å²) < 4.78 is 0. The van der Waals surface area contributed by atoms with Crippen LogP contribution in [0.1, 0.15) is 30.5 Å². The number of anilines is 1. The first-order valence-electron chi connectivity index (χ1n) is 13.2. The van der Waals surface area contributed by atoms with Crippen LogP contribution in [0.5, 0.6) is 0 Å². The number of piperazine rings is 1. The van der Waals surface area contributed by atoms with Gasteiger partial charge in [-0.3, -0.25) is 4.98 Å². The summed E-state index contributed by atoms with van der Waals surface area (Å²) in [6, 6.07) is 13.8. The van der Waals surface area contributed by atoms with Crippen molar-refractivity contribution in [3.05, 3.63) is 100 Å². The molecule has 40 heavy (non-hydrogen) atoms. The van der Waals surface area contributed by atoms with E-state index in [2.05, 4.69) is 40.1 Å². The standard InChI is InChI=1S/C31H30Cl3N5O/c1-20(40)5-3-4-6-28-30(22-7-10-24(32)11-8-22)37-27-12-9-23(17-29(27)36-28)21(2)38-13-15-39(16-14-38)31-25(33)18-35-19-26(31)34/h7-12,17-19,40H,1-6,13-16H2. The van der Waals surface area contributed by atoms with Gasteiger partial charge in [0.1, 0.15) is 0 Å². The van der Waals surface area contributed by atoms with Crippen LogP contribution in [0.4, 0.5) is 5.69 Å². The Bertz CT molecular complexity index is 1530. The number of halogens is 3. The van der Waals surface area contributed by atoms with Crippen LogP contribution in [0.2, 0.25) is 15.1 Å². The highest BCUT2D eigenvalue weighted by atomic mass is 35.5. The van der Waals surface area contributed by atoms with Crippen LogP contribution in [-0.2, 0) is 6.42 Å². The van der Waals surface area contributed by atoms with E-state index in [4.69, 9.17) is 44.8 Å². The molecule has 0 amide bonds. The van der Waals surface area contributed by atoms with E-state index in [-0.39, 0.29) is 5.76 Å². The summed E-state index contributed by atoms with van der Waals surface area (Å²) in [7, 11) is 0. The number of rotatable bonds is 9. The zero-order valence-electron chi connectivity index (χ0n) is 22.1. The van der Waals surface area contributed by atoms with Gasteiger partial charge in [-0.25, -0.2) is 9.97 Å². The smallest absolute Gasteiger partial charge is 0.0925 e. The monoisotopic (exact) mass is 593 g/mol. The Balaban J connectivity index is 1.37. The number of fused-ring (bicyclic) bond motifs is 1. The summed E-state index contributed by atoms with van der Waals surface area (Å²) in [6.07, 6.45) is 6.26. The van der Waals surface area contributed by atoms with E-state index in [1.54, 1.807) is 12.4 Å². The Labute approximate surface area is 249 Å². The lowest BCUT2D eigenvalue weighted by molar-refractivity contribution is 0.368. The Morgan fingerprint density at radius 1 is 0.850 bits per heavy atom. The van der Waals surface area contributed by atoms with Crippen molar-refractivity contribution in [2.75, 3.05) is 31.1 Å². The molecule has 1 fully saturated rings. The lowest BCUT2D eigenvalue weighted by Gasteiger charge is -2.38. The fourth-order valence-electron chi connectivity index (χ4n) is 4.99. The first-order chi connectivity index (χ1) is 19.3. The molecule has 0 saturated carbocycles. The van der Waals surface area contributed by atoms with Crippen LogP contribution in [0.15, 0.2) is 73.8 Å². The van der Waals surface area contributed by atoms with Gasteiger partial charge < -0.3 is 14.9 Å². The van der Waals surface area contributed by atoms with E-state index in [0.717, 1.165) is 90.4 Å². The van der Waals surface area contributed by atoms with Crippen molar-refractivity contribution in [1.29, 1.82) is 0 Å². The minimum atomic E-state index is 0.207. The summed E-state index contributed by atoms with van der Waals surface area (Å²) in [5, 5.41) is 11.3. The topological polar surface area (TPSA) is 65.4 Å². The van der Waals surface area contributed by atoms with Crippen molar-refractivity contribution in [3.8, 4) is 11.3 Å². The predicted molar refractivity (Wildman–Crippen MR) is 166 cm³/mol. The van der Waals surface area contributed by atoms with Crippen molar-refractivity contribution in [2.45, 2.75) is 25.7 Å². The number of hydrogen-bond donors (Lipinski definition) is 1. The quantitative estimate of drug-likeness (QED) is 0.156. The minimum Gasteiger partial charge on any atom is -0.513 e. The number of hydrogen-bond acceptors (Lipinski definition) is 6. The molecule has 1 aliphatic rings. The molecule has 0 atom stereocenters. The van der Waals surface area contributed by atoms with Crippen molar-refractivity contribution in [3.63, 3.8) is 0 Å². The normalized spacial score (nSPS) is 13.6. The zero-order valence-corrected chi connectivity index (χ0v) is 24.4. The molecule has 1 aliphatic heterocycles. The van der Waals surface area contributed by atoms with Crippen molar-refractivity contribution in [1.82, 2.24) is 19.9 Å². The van der Waals surface area contributed by atoms with E-state index < -0.39 is 0 Å². The maximum atomic E-state index is 9.47. The van der Waals surface area contributed by atoms with Gasteiger partial charge in [-0.05, 0) is 49.1 Å². The van der Waals surface area contributed by atoms with Gasteiger partial charge in [0.15, 0.2) is 0 Å². The van der Waals surface area contributed by atoms with E-state index in [1.165, 1.54) is 0 Å². The van der Waals surface area contributed by atoms with Gasteiger partial charge in [0, 0.05) is 61.3 Å². The molecular weight excluding hydrogens is 565 g/mol. The van der Waals surface area contributed by atoms with Crippen LogP contribution < -0.4 is 4.90 Å². The number of allylic oxidation sites excluding steroid dienone is 1. The summed E-state index contributed by atoms with van der Waals surface area (Å²) in [5.74, 6) is 0.207. The Kier molecular flexibility index (Phi) is 8.79. The second kappa shape index (κ2) is 12.5. The maximum Gasteiger partial charge on any atom is 0.0925 e. The summed E-state index contributed by atoms with van der Waals surface area (Å²) >= 11 is 18.9. The Morgan fingerprint density at radius 2 is 1.55 bits per heavy atom. The van der Waals surface area contributed by atoms with Crippen LogP contribution in [0, 0.1) is 0 Å². The third-order valence-corrected chi connectivity index (χ3v) is 7.93. The van der Waals surface area contributed by atoms with Gasteiger partial charge in [0.2, 0.25) is 0 Å². The molecule has 3 heterocycles. The van der Waals surface area contributed by atoms with Gasteiger partial charge in [-0.1, -0.05) is 66.2 Å². The second-order valence-corrected chi connectivity index (χ2v) is 11.1. The maximum absolute atomic E-state index is 9.47. The van der Waals surface area contributed by atoms with Gasteiger partial charge in [0.05, 0.1) is 43.9 Å². The van der Waals surface area contributed by atoms with Crippen molar-refractivity contribution < 1.29 is 5.11 Å². The van der Waals surface area contributed by atoms with Gasteiger partial charge in [0.25, 0.3) is 0 Å². The third kappa shape index (κ3) is 6.35. The van der Waals surface area contributed by atoms with Crippen LogP contribution in [0.25, 0.3) is 28.0 Å². The average Bonchev–Trinajstić information content (AvgIpc) is 2.95. The molecule has 2 aromatic carbocycles. The number of aromatic nitrogens is 3. The first kappa shape index (κ1) is 28.2. The van der Waals surface area contributed by atoms with E-state index in [9.17, 15) is 5.11 Å². The fourth-order valence-corrected chi connectivity index (χ4v) is 5.72. The predicted octanol–water partition coefficient (Wildman–Crippen LogP) is 8.23. The number of unbranched alkanes of at least 4 members (excludes halogenated alkanes) is 1. The zero-order chi connectivity index (χ0) is 28.2. The highest BCUT2D eigenvalue weighted by Crippen LogP contribution is 2.34. The average molecular weight is 595 g/mol. The molecule has 1 N–H and O–H groups in total. The number of aryl methyl sites for hydroxylation is 1. The first-order valence-corrected chi connectivity index (χ1v) is 14.3. The summed E-state index contributed by atoms with van der Waals surface area (Å²) in [6.45, 7) is 11.1. The van der Waals surface area contributed by atoms with E-state index in [0.29, 0.717) is 21.5 Å². The highest BCUT2D eigenvalue weighted by molar-refractivity contribution is 6.38. The number of aliphatic hydroxyl groups excluding tert-OH is 1. The van der Waals surface area contributed by atoms with Gasteiger partial charge in [-0.15, -0.1) is 0 Å². The lowest BCUT2D eigenvalue weighted by Crippen LogP contribution is -2.45. The molecule has 5 rings (SSSR count). The molecule has 0 unspecified atom stereocenters. The molecule has 9 heteroatoms. The molecule has 0 radical (unpaired) electrons. The lowest BCUT2D eigenvalue weighted by atomic mass is 10.0. The minimum absolute atomic E-state index is 0.207. The summed E-state index contributed by atoms with van der Waals surface area (Å²) in [4.78, 5) is 18.6. The highest BCUT2D eigenvalue weighted by Gasteiger charge is 2.23. The van der Waals surface area contributed by atoms with Crippen molar-refractivity contribution in [2.24, 2.45) is 0 Å². The molecule has 206 valence electrons. The van der Waals surface area contributed by atoms with Gasteiger partial charge >= 0.3 is 0 Å². The molecule has 0 aliphatic carbocycles. The number of benzene rings is 2. The number of pyridine rings is 1. The molecule has 6 nitrogen and oxygen atoms in total. The largest absolute Gasteiger partial charge is 0.513 e. The second-order valence-electron chi connectivity index (χ2n) is 9.88. The van der Waals surface area contributed by atoms with Gasteiger partial charge in [-0.2, -0.15) is 0 Å². The van der Waals surface area contributed by atoms with E-state index in [1.807, 2.05) is 30.3 Å². The fraction of sp³-hybridized carbons (Fsp3) is 0.258. The molecular formula is C31H30Cl3N5O. The van der Waals surface area contributed by atoms with Crippen LogP contribution in [0.3, 0.4) is 0 Å². The van der Waals surface area contributed by atoms with Crippen LogP contribution in [-0.4, -0.2) is 51.1 Å². The SMILES string of the molecule is C=C(O)CCCCc1nc2cc(C(=C)N3CCN(c4c(Cl)cncc4Cl)CC3)ccc2nc1-c1ccc(Cl)cc1. The Hall–Kier alpha value is -3.32. The van der Waals surface area contributed by atoms with Crippen LogP contribution >= 0.6 is 34.8 Å².